The summed E-state index contributed by atoms with van der Waals surface area (Å²) < 4.78 is 30.5. The highest BCUT2D eigenvalue weighted by atomic mass is 32.2. The van der Waals surface area contributed by atoms with Crippen molar-refractivity contribution >= 4 is 21.7 Å². The molecule has 0 aliphatic carbocycles. The van der Waals surface area contributed by atoms with Crippen molar-refractivity contribution in [1.82, 2.24) is 0 Å². The molecule has 0 atom stereocenters. The van der Waals surface area contributed by atoms with E-state index in [-0.39, 0.29) is 12.4 Å². The maximum absolute atomic E-state index is 12.1. The summed E-state index contributed by atoms with van der Waals surface area (Å²) in [5.41, 5.74) is 3.07. The fourth-order valence-electron chi connectivity index (χ4n) is 2.61. The second kappa shape index (κ2) is 6.65. The number of hydrogen-bond acceptors (Lipinski definition) is 4. The van der Waals surface area contributed by atoms with Crippen LogP contribution < -0.4 is 4.31 Å². The van der Waals surface area contributed by atoms with Crippen LogP contribution in [0.3, 0.4) is 0 Å². The summed E-state index contributed by atoms with van der Waals surface area (Å²) in [4.78, 5) is 12.1. The van der Waals surface area contributed by atoms with Crippen molar-refractivity contribution in [2.75, 3.05) is 16.6 Å². The van der Waals surface area contributed by atoms with Gasteiger partial charge in [0.15, 0.2) is 0 Å². The van der Waals surface area contributed by atoms with E-state index in [0.29, 0.717) is 24.2 Å². The lowest BCUT2D eigenvalue weighted by molar-refractivity contribution is 0.0473. The van der Waals surface area contributed by atoms with E-state index in [4.69, 9.17) is 4.74 Å². The molecule has 2 aromatic carbocycles. The van der Waals surface area contributed by atoms with Gasteiger partial charge in [-0.3, -0.25) is 4.31 Å². The van der Waals surface area contributed by atoms with Crippen LogP contribution in [0.1, 0.15) is 27.9 Å². The molecule has 0 N–H and O–H groups in total. The zero-order valence-electron chi connectivity index (χ0n) is 13.4. The van der Waals surface area contributed by atoms with Crippen LogP contribution in [0.4, 0.5) is 5.69 Å². The predicted octanol–water partition coefficient (Wildman–Crippen LogP) is 2.89. The first-order valence-electron chi connectivity index (χ1n) is 7.79. The van der Waals surface area contributed by atoms with Crippen molar-refractivity contribution in [2.24, 2.45) is 0 Å². The molecule has 1 aliphatic rings. The molecule has 1 heterocycles. The Bertz CT molecular complexity index is 826. The van der Waals surface area contributed by atoms with Crippen LogP contribution in [0.5, 0.6) is 0 Å². The first-order valence-corrected chi connectivity index (χ1v) is 9.40. The monoisotopic (exact) mass is 345 g/mol. The minimum absolute atomic E-state index is 0.174. The summed E-state index contributed by atoms with van der Waals surface area (Å²) in [6, 6.07) is 14.3. The van der Waals surface area contributed by atoms with Gasteiger partial charge in [0.2, 0.25) is 10.0 Å². The van der Waals surface area contributed by atoms with Crippen LogP contribution in [0.25, 0.3) is 0 Å². The number of sulfonamides is 1. The Hall–Kier alpha value is -2.34. The molecule has 1 saturated heterocycles. The van der Waals surface area contributed by atoms with E-state index in [9.17, 15) is 13.2 Å². The Labute approximate surface area is 141 Å². The SMILES string of the molecule is Cc1ccc(COC(=O)c2ccc(N3CCCS3(=O)=O)cc2)cc1. The second-order valence-electron chi connectivity index (χ2n) is 5.85. The van der Waals surface area contributed by atoms with Crippen molar-refractivity contribution < 1.29 is 17.9 Å². The molecule has 0 radical (unpaired) electrons. The fourth-order valence-corrected chi connectivity index (χ4v) is 4.17. The molecule has 2 aromatic rings. The zero-order chi connectivity index (χ0) is 17.2. The molecule has 0 spiro atoms. The molecule has 1 aliphatic heterocycles. The van der Waals surface area contributed by atoms with E-state index < -0.39 is 16.0 Å². The van der Waals surface area contributed by atoms with Gasteiger partial charge in [-0.1, -0.05) is 29.8 Å². The van der Waals surface area contributed by atoms with E-state index in [1.54, 1.807) is 24.3 Å². The smallest absolute Gasteiger partial charge is 0.338 e. The Morgan fingerprint density at radius 1 is 1.08 bits per heavy atom. The molecule has 5 nitrogen and oxygen atoms in total. The number of anilines is 1. The highest BCUT2D eigenvalue weighted by Gasteiger charge is 2.28. The van der Waals surface area contributed by atoms with Gasteiger partial charge in [0.1, 0.15) is 6.61 Å². The highest BCUT2D eigenvalue weighted by molar-refractivity contribution is 7.93. The third kappa shape index (κ3) is 3.59. The maximum atomic E-state index is 12.1. The molecule has 0 aromatic heterocycles. The van der Waals surface area contributed by atoms with Crippen LogP contribution in [-0.4, -0.2) is 26.7 Å². The average Bonchev–Trinajstić information content (AvgIpc) is 2.93. The topological polar surface area (TPSA) is 63.7 Å². The lowest BCUT2D eigenvalue weighted by Gasteiger charge is -2.16. The lowest BCUT2D eigenvalue weighted by atomic mass is 10.1. The predicted molar refractivity (Wildman–Crippen MR) is 92.5 cm³/mol. The van der Waals surface area contributed by atoms with Crippen LogP contribution in [0.15, 0.2) is 48.5 Å². The minimum Gasteiger partial charge on any atom is -0.457 e. The van der Waals surface area contributed by atoms with Gasteiger partial charge < -0.3 is 4.74 Å². The molecule has 0 saturated carbocycles. The zero-order valence-corrected chi connectivity index (χ0v) is 14.3. The largest absolute Gasteiger partial charge is 0.457 e. The van der Waals surface area contributed by atoms with Crippen molar-refractivity contribution in [2.45, 2.75) is 20.0 Å². The standard InChI is InChI=1S/C18H19NO4S/c1-14-3-5-15(6-4-14)13-23-18(20)16-7-9-17(10-8-16)19-11-2-12-24(19,21)22/h3-10H,2,11-13H2,1H3. The molecule has 0 amide bonds. The number of nitrogens with zero attached hydrogens (tertiary/aromatic N) is 1. The molecule has 3 rings (SSSR count). The fraction of sp³-hybridized carbons (Fsp3) is 0.278. The molecule has 126 valence electrons. The number of esters is 1. The van der Waals surface area contributed by atoms with Crippen molar-refractivity contribution in [3.63, 3.8) is 0 Å². The molecule has 1 fully saturated rings. The van der Waals surface area contributed by atoms with E-state index >= 15 is 0 Å². The normalized spacial score (nSPS) is 16.1. The summed E-state index contributed by atoms with van der Waals surface area (Å²) in [6.45, 7) is 2.69. The minimum atomic E-state index is -3.21. The van der Waals surface area contributed by atoms with Crippen LogP contribution >= 0.6 is 0 Å². The molecule has 24 heavy (non-hydrogen) atoms. The maximum Gasteiger partial charge on any atom is 0.338 e. The van der Waals surface area contributed by atoms with Crippen molar-refractivity contribution in [1.29, 1.82) is 0 Å². The number of rotatable bonds is 4. The Morgan fingerprint density at radius 2 is 1.75 bits per heavy atom. The highest BCUT2D eigenvalue weighted by Crippen LogP contribution is 2.24. The summed E-state index contributed by atoms with van der Waals surface area (Å²) in [7, 11) is -3.21. The van der Waals surface area contributed by atoms with Crippen molar-refractivity contribution in [3.8, 4) is 0 Å². The second-order valence-corrected chi connectivity index (χ2v) is 7.86. The summed E-state index contributed by atoms with van der Waals surface area (Å²) in [5.74, 6) is -0.251. The summed E-state index contributed by atoms with van der Waals surface area (Å²) in [5, 5.41) is 0. The molecule has 6 heteroatoms. The van der Waals surface area contributed by atoms with Gasteiger partial charge in [-0.15, -0.1) is 0 Å². The van der Waals surface area contributed by atoms with Gasteiger partial charge in [0.25, 0.3) is 0 Å². The Balaban J connectivity index is 1.64. The van der Waals surface area contributed by atoms with Crippen LogP contribution in [0, 0.1) is 6.92 Å². The van der Waals surface area contributed by atoms with Gasteiger partial charge in [0.05, 0.1) is 17.0 Å². The third-order valence-electron chi connectivity index (χ3n) is 3.98. The first kappa shape index (κ1) is 16.5. The van der Waals surface area contributed by atoms with Gasteiger partial charge in [-0.2, -0.15) is 0 Å². The van der Waals surface area contributed by atoms with Gasteiger partial charge in [0, 0.05) is 6.54 Å². The van der Waals surface area contributed by atoms with E-state index in [0.717, 1.165) is 11.1 Å². The van der Waals surface area contributed by atoms with Crippen molar-refractivity contribution in [3.05, 3.63) is 65.2 Å². The summed E-state index contributed by atoms with van der Waals surface area (Å²) in [6.07, 6.45) is 0.628. The number of carbonyl (C=O) groups excluding carboxylic acids is 1. The van der Waals surface area contributed by atoms with Crippen LogP contribution in [-0.2, 0) is 21.4 Å². The molecular formula is C18H19NO4S. The van der Waals surface area contributed by atoms with Gasteiger partial charge in [-0.05, 0) is 43.2 Å². The Kier molecular flexibility index (Phi) is 4.57. The first-order chi connectivity index (χ1) is 11.5. The lowest BCUT2D eigenvalue weighted by Crippen LogP contribution is -2.25. The number of carbonyl (C=O) groups is 1. The third-order valence-corrected chi connectivity index (χ3v) is 5.85. The molecular weight excluding hydrogens is 326 g/mol. The molecule has 0 unspecified atom stereocenters. The van der Waals surface area contributed by atoms with Gasteiger partial charge >= 0.3 is 5.97 Å². The van der Waals surface area contributed by atoms with Crippen LogP contribution in [0.2, 0.25) is 0 Å². The number of aryl methyl sites for hydroxylation is 1. The van der Waals surface area contributed by atoms with E-state index in [1.165, 1.54) is 4.31 Å². The number of hydrogen-bond donors (Lipinski definition) is 0. The quantitative estimate of drug-likeness (QED) is 0.799. The Morgan fingerprint density at radius 3 is 2.33 bits per heavy atom. The molecule has 0 bridgehead atoms. The number of benzene rings is 2. The van der Waals surface area contributed by atoms with E-state index in [2.05, 4.69) is 0 Å². The number of ether oxygens (including phenoxy) is 1. The summed E-state index contributed by atoms with van der Waals surface area (Å²) >= 11 is 0. The average molecular weight is 345 g/mol. The van der Waals surface area contributed by atoms with Gasteiger partial charge in [-0.25, -0.2) is 13.2 Å². The van der Waals surface area contributed by atoms with E-state index in [1.807, 2.05) is 31.2 Å².